The molecular formula is C41H62N12OS4. The summed E-state index contributed by atoms with van der Waals surface area (Å²) in [6.07, 6.45) is 1.65. The zero-order chi connectivity index (χ0) is 43.2. The van der Waals surface area contributed by atoms with Gasteiger partial charge in [-0.1, -0.05) is 55.5 Å². The Hall–Kier alpha value is -4.45. The van der Waals surface area contributed by atoms with Crippen LogP contribution in [0.25, 0.3) is 0 Å². The van der Waals surface area contributed by atoms with Crippen LogP contribution in [-0.2, 0) is 0 Å². The Morgan fingerprint density at radius 2 is 0.879 bits per heavy atom. The molecule has 2 aromatic rings. The Labute approximate surface area is 367 Å². The number of aldehydes is 1. The van der Waals surface area contributed by atoms with Gasteiger partial charge in [0.25, 0.3) is 0 Å². The quantitative estimate of drug-likeness (QED) is 0.0489. The van der Waals surface area contributed by atoms with Crippen molar-refractivity contribution in [2.24, 2.45) is 20.4 Å². The molecule has 58 heavy (non-hydrogen) atoms. The minimum Gasteiger partial charge on any atom is -0.348 e. The van der Waals surface area contributed by atoms with Gasteiger partial charge in [-0.2, -0.15) is 20.4 Å². The monoisotopic (exact) mass is 866 g/mol. The Morgan fingerprint density at radius 3 is 1.22 bits per heavy atom. The van der Waals surface area contributed by atoms with Gasteiger partial charge in [0.2, 0.25) is 0 Å². The average Bonchev–Trinajstić information content (AvgIpc) is 3.24. The van der Waals surface area contributed by atoms with Crippen molar-refractivity contribution in [2.75, 3.05) is 52.4 Å². The third-order valence-electron chi connectivity index (χ3n) is 9.58. The Morgan fingerprint density at radius 1 is 0.552 bits per heavy atom. The van der Waals surface area contributed by atoms with E-state index in [-0.39, 0.29) is 5.92 Å². The highest BCUT2D eigenvalue weighted by Crippen LogP contribution is 2.21. The highest BCUT2D eigenvalue weighted by Gasteiger charge is 2.16. The van der Waals surface area contributed by atoms with E-state index in [0.29, 0.717) is 61.9 Å². The van der Waals surface area contributed by atoms with Gasteiger partial charge < -0.3 is 19.6 Å². The van der Waals surface area contributed by atoms with Crippen molar-refractivity contribution in [1.82, 2.24) is 41.3 Å². The number of hydrogen-bond donors (Lipinski definition) is 4. The molecule has 0 aliphatic heterocycles. The number of hydrazone groups is 4. The molecule has 0 bridgehead atoms. The zero-order valence-corrected chi connectivity index (χ0v) is 39.0. The lowest BCUT2D eigenvalue weighted by Crippen LogP contribution is -2.39. The fraction of sp³-hybridized carbons (Fsp3) is 0.488. The lowest BCUT2D eigenvalue weighted by molar-refractivity contribution is 0.112. The van der Waals surface area contributed by atoms with Crippen LogP contribution in [0.5, 0.6) is 0 Å². The maximum Gasteiger partial charge on any atom is 0.189 e. The van der Waals surface area contributed by atoms with Gasteiger partial charge >= 0.3 is 0 Å². The molecule has 2 rings (SSSR count). The topological polar surface area (TPSA) is 128 Å². The maximum absolute atomic E-state index is 11.3. The van der Waals surface area contributed by atoms with Crippen LogP contribution in [0.3, 0.4) is 0 Å². The molecular weight excluding hydrogens is 805 g/mol. The van der Waals surface area contributed by atoms with Crippen LogP contribution in [0.1, 0.15) is 109 Å². The van der Waals surface area contributed by atoms with Crippen molar-refractivity contribution in [3.63, 3.8) is 0 Å². The van der Waals surface area contributed by atoms with Crippen molar-refractivity contribution in [3.8, 4) is 0 Å². The second-order valence-electron chi connectivity index (χ2n) is 13.1. The van der Waals surface area contributed by atoms with E-state index in [9.17, 15) is 4.79 Å². The number of nitrogens with one attached hydrogen (secondary N) is 4. The lowest BCUT2D eigenvalue weighted by atomic mass is 9.95. The summed E-state index contributed by atoms with van der Waals surface area (Å²) < 4.78 is 0. The van der Waals surface area contributed by atoms with Crippen LogP contribution in [0, 0.1) is 0 Å². The van der Waals surface area contributed by atoms with Crippen molar-refractivity contribution < 1.29 is 4.79 Å². The van der Waals surface area contributed by atoms with Gasteiger partial charge in [0.15, 0.2) is 20.4 Å². The second kappa shape index (κ2) is 26.5. The van der Waals surface area contributed by atoms with Crippen LogP contribution in [0.2, 0.25) is 0 Å². The van der Waals surface area contributed by atoms with Crippen molar-refractivity contribution in [2.45, 2.75) is 81.6 Å². The van der Waals surface area contributed by atoms with Crippen LogP contribution >= 0.6 is 48.9 Å². The summed E-state index contributed by atoms with van der Waals surface area (Å²) in [7, 11) is 0. The number of thiocarbonyl (C=S) groups is 4. The first kappa shape index (κ1) is 49.7. The molecule has 0 aliphatic carbocycles. The molecule has 1 unspecified atom stereocenters. The van der Waals surface area contributed by atoms with E-state index in [1.54, 1.807) is 12.1 Å². The average molecular weight is 867 g/mol. The first-order valence-electron chi connectivity index (χ1n) is 19.9. The highest BCUT2D eigenvalue weighted by atomic mass is 32.1. The van der Waals surface area contributed by atoms with Crippen LogP contribution in [-0.4, -0.2) is 122 Å². The van der Waals surface area contributed by atoms with E-state index in [0.717, 1.165) is 63.1 Å². The molecule has 0 saturated heterocycles. The van der Waals surface area contributed by atoms with E-state index in [4.69, 9.17) is 59.1 Å². The minimum absolute atomic E-state index is 0.230. The SMILES string of the molecule is CCN(CC)C(=S)N/N=C(C)/C(=N/NC(=S)N(CC)CC)c1ccc(C(C)CCN(CC)C(=S)N/N=C(/C(C)=N/NC(=S)N(CC)CC)c2ccc(C=O)cc2)cc1. The smallest absolute Gasteiger partial charge is 0.189 e. The maximum atomic E-state index is 11.3. The number of rotatable bonds is 20. The Kier molecular flexibility index (Phi) is 22.7. The van der Waals surface area contributed by atoms with Gasteiger partial charge in [0.1, 0.15) is 17.7 Å². The molecule has 0 radical (unpaired) electrons. The van der Waals surface area contributed by atoms with Crippen molar-refractivity contribution in [1.29, 1.82) is 0 Å². The van der Waals surface area contributed by atoms with E-state index in [1.165, 1.54) is 5.56 Å². The Balaban J connectivity index is 2.27. The number of carbonyl (C=O) groups excluding carboxylic acids is 1. The molecule has 0 heterocycles. The van der Waals surface area contributed by atoms with E-state index in [1.807, 2.05) is 54.5 Å². The van der Waals surface area contributed by atoms with Gasteiger partial charge in [-0.05, 0) is 129 Å². The predicted molar refractivity (Wildman–Crippen MR) is 260 cm³/mol. The summed E-state index contributed by atoms with van der Waals surface area (Å²) in [5, 5.41) is 20.7. The standard InChI is InChI=1S/C41H62N12OS4/c1-11-50(12-2)38(55)46-42-30(9)36(34-20-18-32(28-54)19-21-34)45-49-41(58)53(17-7)27-26-29(8)33-22-24-35(25-23-33)37(44-48-40(57)52(15-5)16-6)31(10)43-47-39(56)51(13-3)14-4/h18-25,28-29H,11-17,26-27H2,1-10H3,(H,46,55)(H,47,56)(H,48,57)(H,49,58)/b42-30+,43-31+,44-37-,45-36-. The van der Waals surface area contributed by atoms with Crippen molar-refractivity contribution >= 4 is 98.5 Å². The van der Waals surface area contributed by atoms with Gasteiger partial charge in [-0.3, -0.25) is 26.5 Å². The largest absolute Gasteiger partial charge is 0.348 e. The van der Waals surface area contributed by atoms with Gasteiger partial charge in [-0.15, -0.1) is 0 Å². The highest BCUT2D eigenvalue weighted by molar-refractivity contribution is 7.80. The molecule has 0 saturated carbocycles. The third kappa shape index (κ3) is 15.4. The molecule has 4 N–H and O–H groups in total. The summed E-state index contributed by atoms with van der Waals surface area (Å²) in [5.41, 5.74) is 18.1. The van der Waals surface area contributed by atoms with Crippen LogP contribution < -0.4 is 21.7 Å². The van der Waals surface area contributed by atoms with Crippen molar-refractivity contribution in [3.05, 3.63) is 70.8 Å². The number of carbonyl (C=O) groups is 1. The summed E-state index contributed by atoms with van der Waals surface area (Å²) in [5.74, 6) is 0.230. The molecule has 1 atom stereocenters. The second-order valence-corrected chi connectivity index (χ2v) is 14.7. The molecule has 316 valence electrons. The molecule has 0 amide bonds. The Bertz CT molecular complexity index is 1780. The zero-order valence-electron chi connectivity index (χ0n) is 35.8. The normalized spacial score (nSPS) is 12.6. The molecule has 13 nitrogen and oxygen atoms in total. The fourth-order valence-electron chi connectivity index (χ4n) is 5.71. The number of nitrogens with zero attached hydrogens (tertiary/aromatic N) is 8. The summed E-state index contributed by atoms with van der Waals surface area (Å²) in [6, 6.07) is 15.5. The molecule has 17 heteroatoms. The molecule has 0 aliphatic rings. The van der Waals surface area contributed by atoms with E-state index >= 15 is 0 Å². The molecule has 0 fully saturated rings. The fourth-order valence-corrected chi connectivity index (χ4v) is 6.89. The van der Waals surface area contributed by atoms with E-state index < -0.39 is 0 Å². The lowest BCUT2D eigenvalue weighted by Gasteiger charge is -2.25. The van der Waals surface area contributed by atoms with E-state index in [2.05, 4.69) is 103 Å². The molecule has 0 aromatic heterocycles. The molecule has 0 spiro atoms. The third-order valence-corrected chi connectivity index (χ3v) is 11.0. The van der Waals surface area contributed by atoms with Gasteiger partial charge in [0, 0.05) is 69.0 Å². The summed E-state index contributed by atoms with van der Waals surface area (Å²) >= 11 is 22.5. The number of benzene rings is 2. The van der Waals surface area contributed by atoms with Crippen LogP contribution in [0.15, 0.2) is 68.9 Å². The van der Waals surface area contributed by atoms with Gasteiger partial charge in [0.05, 0.1) is 11.4 Å². The first-order chi connectivity index (χ1) is 27.8. The summed E-state index contributed by atoms with van der Waals surface area (Å²) in [4.78, 5) is 19.5. The minimum atomic E-state index is 0.230. The first-order valence-corrected chi connectivity index (χ1v) is 21.6. The van der Waals surface area contributed by atoms with Crippen LogP contribution in [0.4, 0.5) is 0 Å². The molecule has 2 aromatic carbocycles. The number of hydrogen-bond acceptors (Lipinski definition) is 9. The predicted octanol–water partition coefficient (Wildman–Crippen LogP) is 6.70. The summed E-state index contributed by atoms with van der Waals surface area (Å²) in [6.45, 7) is 26.3. The van der Waals surface area contributed by atoms with Gasteiger partial charge in [-0.25, -0.2) is 0 Å².